The Morgan fingerprint density at radius 1 is 1.40 bits per heavy atom. The summed E-state index contributed by atoms with van der Waals surface area (Å²) in [5.41, 5.74) is 6.31. The predicted octanol–water partition coefficient (Wildman–Crippen LogP) is 3.56. The third-order valence-corrected chi connectivity index (χ3v) is 3.06. The van der Waals surface area contributed by atoms with Crippen LogP contribution in [0.4, 0.5) is 5.69 Å². The standard InChI is InChI=1S/C13H12BrN3O3/c1-8(15)11-4-3-10(7-16-11)20-13-5-2-9(14)6-12(13)17(18)19/h2-8H,15H2,1H3. The van der Waals surface area contributed by atoms with Crippen molar-refractivity contribution in [2.75, 3.05) is 0 Å². The Balaban J connectivity index is 2.28. The van der Waals surface area contributed by atoms with Crippen molar-refractivity contribution in [1.82, 2.24) is 4.98 Å². The second kappa shape index (κ2) is 5.98. The molecule has 0 bridgehead atoms. The van der Waals surface area contributed by atoms with E-state index in [0.717, 1.165) is 5.69 Å². The topological polar surface area (TPSA) is 91.3 Å². The van der Waals surface area contributed by atoms with Gasteiger partial charge in [-0.3, -0.25) is 15.1 Å². The van der Waals surface area contributed by atoms with E-state index in [1.807, 2.05) is 6.92 Å². The Morgan fingerprint density at radius 2 is 2.15 bits per heavy atom. The van der Waals surface area contributed by atoms with Crippen LogP contribution in [-0.4, -0.2) is 9.91 Å². The maximum atomic E-state index is 11.0. The van der Waals surface area contributed by atoms with Crippen molar-refractivity contribution < 1.29 is 9.66 Å². The molecule has 0 fully saturated rings. The number of nitrogens with zero attached hydrogens (tertiary/aromatic N) is 2. The summed E-state index contributed by atoms with van der Waals surface area (Å²) < 4.78 is 6.11. The lowest BCUT2D eigenvalue weighted by molar-refractivity contribution is -0.385. The van der Waals surface area contributed by atoms with E-state index in [0.29, 0.717) is 10.2 Å². The smallest absolute Gasteiger partial charge is 0.312 e. The van der Waals surface area contributed by atoms with E-state index in [4.69, 9.17) is 10.5 Å². The summed E-state index contributed by atoms with van der Waals surface area (Å²) in [6, 6.07) is 7.82. The van der Waals surface area contributed by atoms with E-state index >= 15 is 0 Å². The van der Waals surface area contributed by atoms with Gasteiger partial charge in [0.05, 0.1) is 16.8 Å². The fourth-order valence-electron chi connectivity index (χ4n) is 1.57. The van der Waals surface area contributed by atoms with Crippen LogP contribution in [0.15, 0.2) is 41.0 Å². The molecule has 0 saturated carbocycles. The van der Waals surface area contributed by atoms with Gasteiger partial charge in [0.15, 0.2) is 0 Å². The molecule has 0 spiro atoms. The summed E-state index contributed by atoms with van der Waals surface area (Å²) in [7, 11) is 0. The maximum Gasteiger partial charge on any atom is 0.312 e. The highest BCUT2D eigenvalue weighted by Gasteiger charge is 2.16. The SMILES string of the molecule is CC(N)c1ccc(Oc2ccc(Br)cc2[N+](=O)[O-])cn1. The van der Waals surface area contributed by atoms with Crippen LogP contribution in [0.2, 0.25) is 0 Å². The number of rotatable bonds is 4. The van der Waals surface area contributed by atoms with Crippen molar-refractivity contribution in [3.8, 4) is 11.5 Å². The molecule has 1 heterocycles. The van der Waals surface area contributed by atoms with Crippen LogP contribution in [-0.2, 0) is 0 Å². The lowest BCUT2D eigenvalue weighted by Gasteiger charge is -2.08. The molecule has 0 aliphatic carbocycles. The van der Waals surface area contributed by atoms with Crippen molar-refractivity contribution >= 4 is 21.6 Å². The Hall–Kier alpha value is -1.99. The summed E-state index contributed by atoms with van der Waals surface area (Å²) in [6.07, 6.45) is 1.49. The Kier molecular flexibility index (Phi) is 4.31. The molecule has 20 heavy (non-hydrogen) atoms. The first-order valence-electron chi connectivity index (χ1n) is 5.80. The largest absolute Gasteiger partial charge is 0.449 e. The average molecular weight is 338 g/mol. The number of nitro benzene ring substituents is 1. The molecule has 7 heteroatoms. The summed E-state index contributed by atoms with van der Waals surface area (Å²) in [4.78, 5) is 14.6. The highest BCUT2D eigenvalue weighted by Crippen LogP contribution is 2.33. The van der Waals surface area contributed by atoms with Crippen molar-refractivity contribution in [3.05, 3.63) is 56.8 Å². The van der Waals surface area contributed by atoms with E-state index in [9.17, 15) is 10.1 Å². The van der Waals surface area contributed by atoms with Gasteiger partial charge in [-0.1, -0.05) is 15.9 Å². The molecular formula is C13H12BrN3O3. The third kappa shape index (κ3) is 3.31. The van der Waals surface area contributed by atoms with Gasteiger partial charge < -0.3 is 10.5 Å². The van der Waals surface area contributed by atoms with Gasteiger partial charge in [-0.2, -0.15) is 0 Å². The highest BCUT2D eigenvalue weighted by atomic mass is 79.9. The van der Waals surface area contributed by atoms with Gasteiger partial charge in [-0.05, 0) is 31.2 Å². The number of ether oxygens (including phenoxy) is 1. The molecule has 0 aliphatic heterocycles. The van der Waals surface area contributed by atoms with Crippen molar-refractivity contribution in [2.45, 2.75) is 13.0 Å². The number of benzene rings is 1. The zero-order valence-electron chi connectivity index (χ0n) is 10.6. The lowest BCUT2D eigenvalue weighted by atomic mass is 10.2. The summed E-state index contributed by atoms with van der Waals surface area (Å²) >= 11 is 3.19. The minimum atomic E-state index is -0.496. The summed E-state index contributed by atoms with van der Waals surface area (Å²) in [5, 5.41) is 11.0. The van der Waals surface area contributed by atoms with Gasteiger partial charge >= 0.3 is 5.69 Å². The van der Waals surface area contributed by atoms with Crippen LogP contribution in [0.3, 0.4) is 0 Å². The molecule has 0 aliphatic rings. The first-order valence-corrected chi connectivity index (χ1v) is 6.60. The van der Waals surface area contributed by atoms with E-state index in [2.05, 4.69) is 20.9 Å². The van der Waals surface area contributed by atoms with Crippen LogP contribution < -0.4 is 10.5 Å². The Morgan fingerprint density at radius 3 is 2.70 bits per heavy atom. The minimum Gasteiger partial charge on any atom is -0.449 e. The Labute approximate surface area is 123 Å². The summed E-state index contributed by atoms with van der Waals surface area (Å²) in [6.45, 7) is 1.82. The van der Waals surface area contributed by atoms with Crippen LogP contribution in [0.1, 0.15) is 18.7 Å². The normalized spacial score (nSPS) is 11.9. The molecule has 0 saturated heterocycles. The lowest BCUT2D eigenvalue weighted by Crippen LogP contribution is -2.06. The number of nitrogens with two attached hydrogens (primary N) is 1. The van der Waals surface area contributed by atoms with Crippen LogP contribution in [0.5, 0.6) is 11.5 Å². The number of nitro groups is 1. The molecule has 0 radical (unpaired) electrons. The fraction of sp³-hybridized carbons (Fsp3) is 0.154. The molecule has 2 N–H and O–H groups in total. The van der Waals surface area contributed by atoms with Crippen molar-refractivity contribution in [1.29, 1.82) is 0 Å². The number of halogens is 1. The van der Waals surface area contributed by atoms with Crippen molar-refractivity contribution in [2.24, 2.45) is 5.73 Å². The molecule has 1 aromatic heterocycles. The first-order chi connectivity index (χ1) is 9.47. The predicted molar refractivity (Wildman–Crippen MR) is 77.7 cm³/mol. The minimum absolute atomic E-state index is 0.115. The molecule has 1 unspecified atom stereocenters. The molecule has 2 rings (SSSR count). The molecule has 0 amide bonds. The zero-order valence-corrected chi connectivity index (χ0v) is 12.2. The van der Waals surface area contributed by atoms with Crippen molar-refractivity contribution in [3.63, 3.8) is 0 Å². The van der Waals surface area contributed by atoms with Gasteiger partial charge in [-0.25, -0.2) is 0 Å². The Bertz CT molecular complexity index is 629. The molecule has 2 aromatic rings. The number of pyridine rings is 1. The van der Waals surface area contributed by atoms with Crippen LogP contribution >= 0.6 is 15.9 Å². The quantitative estimate of drug-likeness (QED) is 0.680. The van der Waals surface area contributed by atoms with E-state index in [1.54, 1.807) is 18.2 Å². The van der Waals surface area contributed by atoms with E-state index in [1.165, 1.54) is 18.3 Å². The second-order valence-corrected chi connectivity index (χ2v) is 5.09. The van der Waals surface area contributed by atoms with Gasteiger partial charge in [0.25, 0.3) is 0 Å². The average Bonchev–Trinajstić information content (AvgIpc) is 2.41. The second-order valence-electron chi connectivity index (χ2n) is 4.18. The van der Waals surface area contributed by atoms with Crippen LogP contribution in [0.25, 0.3) is 0 Å². The summed E-state index contributed by atoms with van der Waals surface area (Å²) in [5.74, 6) is 0.577. The van der Waals surface area contributed by atoms with Crippen LogP contribution in [0, 0.1) is 10.1 Å². The monoisotopic (exact) mass is 337 g/mol. The molecule has 104 valence electrons. The van der Waals surface area contributed by atoms with Gasteiger partial charge in [0.2, 0.25) is 5.75 Å². The molecule has 6 nitrogen and oxygen atoms in total. The van der Waals surface area contributed by atoms with Gasteiger partial charge in [0, 0.05) is 16.6 Å². The van der Waals surface area contributed by atoms with Gasteiger partial charge in [0.1, 0.15) is 5.75 Å². The zero-order chi connectivity index (χ0) is 14.7. The molecular weight excluding hydrogens is 326 g/mol. The highest BCUT2D eigenvalue weighted by molar-refractivity contribution is 9.10. The third-order valence-electron chi connectivity index (χ3n) is 2.57. The number of hydrogen-bond acceptors (Lipinski definition) is 5. The fourth-order valence-corrected chi connectivity index (χ4v) is 1.92. The van der Waals surface area contributed by atoms with E-state index < -0.39 is 4.92 Å². The molecule has 1 atom stereocenters. The van der Waals surface area contributed by atoms with Gasteiger partial charge in [-0.15, -0.1) is 0 Å². The van der Waals surface area contributed by atoms with E-state index in [-0.39, 0.29) is 17.5 Å². The number of hydrogen-bond donors (Lipinski definition) is 1. The first kappa shape index (κ1) is 14.4. The number of aromatic nitrogens is 1. The maximum absolute atomic E-state index is 11.0. The molecule has 1 aromatic carbocycles.